The zero-order valence-electron chi connectivity index (χ0n) is 18.0. The third kappa shape index (κ3) is 3.41. The van der Waals surface area contributed by atoms with E-state index >= 15 is 0 Å². The molecule has 5 rings (SSSR count). The molecule has 0 amide bonds. The standard InChI is InChI=1S/C24H23N3O4S/c1-29-15-6-4-14(5-7-15)21-10-17-23(32-21)24(26-13-25-17)27-11-16-19(30-2)8-9-20(31-3)22(16)18(28)12-27/h4-10,13,18,28H,11-12H2,1-3H3/t18-/m1/s1. The summed E-state index contributed by atoms with van der Waals surface area (Å²) in [5.74, 6) is 3.01. The van der Waals surface area contributed by atoms with Crippen molar-refractivity contribution in [1.82, 2.24) is 9.97 Å². The molecule has 3 heterocycles. The zero-order valence-corrected chi connectivity index (χ0v) is 18.8. The number of β-amino-alcohol motifs (C(OH)–C–C–N with tert-alkyl or cyclic N) is 1. The van der Waals surface area contributed by atoms with Gasteiger partial charge in [0.25, 0.3) is 0 Å². The molecule has 32 heavy (non-hydrogen) atoms. The SMILES string of the molecule is COc1ccc(-c2cc3ncnc(N4Cc5c(OC)ccc(OC)c5[C@H](O)C4)c3s2)cc1. The number of aliphatic hydroxyl groups is 1. The normalized spacial score (nSPS) is 15.5. The van der Waals surface area contributed by atoms with Crippen molar-refractivity contribution in [2.75, 3.05) is 32.8 Å². The Kier molecular flexibility index (Phi) is 5.32. The Labute approximate surface area is 189 Å². The highest BCUT2D eigenvalue weighted by Gasteiger charge is 2.31. The van der Waals surface area contributed by atoms with E-state index in [0.717, 1.165) is 49.1 Å². The van der Waals surface area contributed by atoms with E-state index < -0.39 is 6.10 Å². The van der Waals surface area contributed by atoms with Crippen molar-refractivity contribution in [3.05, 3.63) is 59.9 Å². The van der Waals surface area contributed by atoms with E-state index in [0.29, 0.717) is 18.8 Å². The summed E-state index contributed by atoms with van der Waals surface area (Å²) in [6, 6.07) is 13.7. The molecule has 0 bridgehead atoms. The largest absolute Gasteiger partial charge is 0.497 e. The van der Waals surface area contributed by atoms with Crippen molar-refractivity contribution < 1.29 is 19.3 Å². The number of thiophene rings is 1. The van der Waals surface area contributed by atoms with Crippen LogP contribution in [0, 0.1) is 0 Å². The summed E-state index contributed by atoms with van der Waals surface area (Å²) in [6.07, 6.45) is 0.849. The highest BCUT2D eigenvalue weighted by atomic mass is 32.1. The van der Waals surface area contributed by atoms with Crippen molar-refractivity contribution in [3.8, 4) is 27.7 Å². The van der Waals surface area contributed by atoms with Gasteiger partial charge in [-0.15, -0.1) is 11.3 Å². The van der Waals surface area contributed by atoms with Crippen LogP contribution in [0.3, 0.4) is 0 Å². The van der Waals surface area contributed by atoms with Crippen LogP contribution in [-0.4, -0.2) is 42.9 Å². The zero-order chi connectivity index (χ0) is 22.2. The van der Waals surface area contributed by atoms with Crippen molar-refractivity contribution in [3.63, 3.8) is 0 Å². The van der Waals surface area contributed by atoms with Crippen LogP contribution in [0.1, 0.15) is 17.2 Å². The Morgan fingerprint density at radius 3 is 2.44 bits per heavy atom. The van der Waals surface area contributed by atoms with Gasteiger partial charge in [0.1, 0.15) is 35.5 Å². The summed E-state index contributed by atoms with van der Waals surface area (Å²) in [5.41, 5.74) is 3.65. The second-order valence-electron chi connectivity index (χ2n) is 7.51. The summed E-state index contributed by atoms with van der Waals surface area (Å²) in [4.78, 5) is 12.2. The van der Waals surface area contributed by atoms with Crippen LogP contribution in [0.15, 0.2) is 48.8 Å². The minimum Gasteiger partial charge on any atom is -0.497 e. The van der Waals surface area contributed by atoms with Crippen LogP contribution in [0.25, 0.3) is 20.7 Å². The van der Waals surface area contributed by atoms with Gasteiger partial charge in [-0.3, -0.25) is 0 Å². The van der Waals surface area contributed by atoms with Gasteiger partial charge in [0.15, 0.2) is 0 Å². The van der Waals surface area contributed by atoms with E-state index in [-0.39, 0.29) is 0 Å². The van der Waals surface area contributed by atoms with Gasteiger partial charge in [-0.2, -0.15) is 0 Å². The predicted octanol–water partition coefficient (Wildman–Crippen LogP) is 4.44. The number of benzene rings is 2. The fourth-order valence-corrected chi connectivity index (χ4v) is 5.34. The van der Waals surface area contributed by atoms with Crippen molar-refractivity contribution in [2.24, 2.45) is 0 Å². The molecule has 0 fully saturated rings. The predicted molar refractivity (Wildman–Crippen MR) is 125 cm³/mol. The smallest absolute Gasteiger partial charge is 0.150 e. The minimum absolute atomic E-state index is 0.401. The van der Waals surface area contributed by atoms with Crippen LogP contribution in [0.2, 0.25) is 0 Å². The van der Waals surface area contributed by atoms with E-state index in [2.05, 4.69) is 20.9 Å². The van der Waals surface area contributed by atoms with Gasteiger partial charge in [0.2, 0.25) is 0 Å². The van der Waals surface area contributed by atoms with E-state index in [1.54, 1.807) is 39.0 Å². The average molecular weight is 450 g/mol. The van der Waals surface area contributed by atoms with Crippen molar-refractivity contribution in [1.29, 1.82) is 0 Å². The lowest BCUT2D eigenvalue weighted by molar-refractivity contribution is 0.169. The van der Waals surface area contributed by atoms with Crippen LogP contribution >= 0.6 is 11.3 Å². The van der Waals surface area contributed by atoms with Crippen LogP contribution in [-0.2, 0) is 6.54 Å². The third-order valence-electron chi connectivity index (χ3n) is 5.76. The first-order valence-corrected chi connectivity index (χ1v) is 11.0. The summed E-state index contributed by atoms with van der Waals surface area (Å²) < 4.78 is 17.3. The molecule has 1 atom stereocenters. The molecule has 8 heteroatoms. The molecule has 0 unspecified atom stereocenters. The number of ether oxygens (including phenoxy) is 3. The maximum atomic E-state index is 11.0. The van der Waals surface area contributed by atoms with Gasteiger partial charge in [0, 0.05) is 22.5 Å². The highest BCUT2D eigenvalue weighted by molar-refractivity contribution is 7.22. The van der Waals surface area contributed by atoms with E-state index in [4.69, 9.17) is 14.2 Å². The quantitative estimate of drug-likeness (QED) is 0.483. The van der Waals surface area contributed by atoms with E-state index in [1.165, 1.54) is 0 Å². The number of methoxy groups -OCH3 is 3. The monoisotopic (exact) mass is 449 g/mol. The van der Waals surface area contributed by atoms with Crippen molar-refractivity contribution >= 4 is 27.4 Å². The fourth-order valence-electron chi connectivity index (χ4n) is 4.20. The highest BCUT2D eigenvalue weighted by Crippen LogP contribution is 2.43. The summed E-state index contributed by atoms with van der Waals surface area (Å²) in [5, 5.41) is 11.0. The molecule has 0 aliphatic carbocycles. The molecular formula is C24H23N3O4S. The van der Waals surface area contributed by atoms with Crippen LogP contribution in [0.5, 0.6) is 17.2 Å². The van der Waals surface area contributed by atoms with Gasteiger partial charge in [-0.05, 0) is 48.0 Å². The van der Waals surface area contributed by atoms with Crippen LogP contribution in [0.4, 0.5) is 5.82 Å². The van der Waals surface area contributed by atoms with Crippen LogP contribution < -0.4 is 19.1 Å². The number of rotatable bonds is 5. The molecule has 0 saturated carbocycles. The van der Waals surface area contributed by atoms with Crippen molar-refractivity contribution in [2.45, 2.75) is 12.6 Å². The third-order valence-corrected chi connectivity index (χ3v) is 6.93. The molecule has 4 aromatic rings. The Balaban J connectivity index is 1.56. The van der Waals surface area contributed by atoms with Gasteiger partial charge in [-0.25, -0.2) is 9.97 Å². The number of fused-ring (bicyclic) bond motifs is 2. The molecule has 1 N–H and O–H groups in total. The molecule has 2 aromatic heterocycles. The maximum Gasteiger partial charge on any atom is 0.150 e. The lowest BCUT2D eigenvalue weighted by atomic mass is 9.95. The Morgan fingerprint density at radius 1 is 0.969 bits per heavy atom. The van der Waals surface area contributed by atoms with Gasteiger partial charge in [-0.1, -0.05) is 0 Å². The van der Waals surface area contributed by atoms with Gasteiger partial charge < -0.3 is 24.2 Å². The van der Waals surface area contributed by atoms with Gasteiger partial charge >= 0.3 is 0 Å². The second kappa shape index (κ2) is 8.29. The lowest BCUT2D eigenvalue weighted by Gasteiger charge is -2.34. The van der Waals surface area contributed by atoms with E-state index in [1.807, 2.05) is 36.4 Å². The second-order valence-corrected chi connectivity index (χ2v) is 8.56. The minimum atomic E-state index is -0.727. The average Bonchev–Trinajstić information content (AvgIpc) is 3.27. The summed E-state index contributed by atoms with van der Waals surface area (Å²) >= 11 is 1.64. The lowest BCUT2D eigenvalue weighted by Crippen LogP contribution is -2.34. The Bertz CT molecular complexity index is 1270. The Morgan fingerprint density at radius 2 is 1.72 bits per heavy atom. The first kappa shape index (κ1) is 20.5. The number of hydrogen-bond donors (Lipinski definition) is 1. The van der Waals surface area contributed by atoms with Gasteiger partial charge in [0.05, 0.1) is 38.1 Å². The molecule has 0 spiro atoms. The summed E-state index contributed by atoms with van der Waals surface area (Å²) in [7, 11) is 4.91. The first-order valence-electron chi connectivity index (χ1n) is 10.2. The molecule has 164 valence electrons. The van der Waals surface area contributed by atoms with E-state index in [9.17, 15) is 5.11 Å². The molecule has 7 nitrogen and oxygen atoms in total. The molecular weight excluding hydrogens is 426 g/mol. The number of hydrogen-bond acceptors (Lipinski definition) is 8. The molecule has 1 aliphatic rings. The molecule has 2 aromatic carbocycles. The number of nitrogens with zero attached hydrogens (tertiary/aromatic N) is 3. The maximum absolute atomic E-state index is 11.0. The Hall–Kier alpha value is -3.36. The number of anilines is 1. The molecule has 0 saturated heterocycles. The molecule has 1 aliphatic heterocycles. The topological polar surface area (TPSA) is 76.9 Å². The number of aromatic nitrogens is 2. The summed E-state index contributed by atoms with van der Waals surface area (Å²) in [6.45, 7) is 0.951. The molecule has 0 radical (unpaired) electrons. The number of aliphatic hydroxyl groups excluding tert-OH is 1. The first-order chi connectivity index (χ1) is 15.6. The fraction of sp³-hybridized carbons (Fsp3) is 0.250.